The van der Waals surface area contributed by atoms with E-state index in [0.29, 0.717) is 6.42 Å². The Labute approximate surface area is 112 Å². The summed E-state index contributed by atoms with van der Waals surface area (Å²) in [5, 5.41) is 8.90. The van der Waals surface area contributed by atoms with E-state index in [4.69, 9.17) is 9.84 Å². The molecule has 0 unspecified atom stereocenters. The first kappa shape index (κ1) is 15.2. The van der Waals surface area contributed by atoms with E-state index in [9.17, 15) is 9.59 Å². The van der Waals surface area contributed by atoms with Crippen molar-refractivity contribution < 1.29 is 19.4 Å². The number of nitrogens with zero attached hydrogens (tertiary/aromatic N) is 1. The van der Waals surface area contributed by atoms with Crippen LogP contribution in [0.25, 0.3) is 0 Å². The van der Waals surface area contributed by atoms with E-state index in [2.05, 4.69) is 0 Å². The number of carbonyl (C=O) groups excluding carboxylic acids is 2. The van der Waals surface area contributed by atoms with Gasteiger partial charge in [-0.05, 0) is 17.5 Å². The summed E-state index contributed by atoms with van der Waals surface area (Å²) in [5.41, 5.74) is 1.83. The van der Waals surface area contributed by atoms with E-state index < -0.39 is 0 Å². The summed E-state index contributed by atoms with van der Waals surface area (Å²) in [6.07, 6.45) is 0.792. The topological polar surface area (TPSA) is 66.8 Å². The Bertz CT molecular complexity index is 426. The van der Waals surface area contributed by atoms with Gasteiger partial charge in [-0.25, -0.2) is 0 Å². The fourth-order valence-electron chi connectivity index (χ4n) is 1.40. The molecule has 0 saturated heterocycles. The number of hydrogen-bond acceptors (Lipinski definition) is 4. The number of benzene rings is 1. The highest BCUT2D eigenvalue weighted by Gasteiger charge is 2.09. The molecule has 0 radical (unpaired) electrons. The Morgan fingerprint density at radius 2 is 1.74 bits per heavy atom. The Kier molecular flexibility index (Phi) is 6.02. The molecule has 1 aromatic carbocycles. The summed E-state index contributed by atoms with van der Waals surface area (Å²) < 4.78 is 4.86. The highest BCUT2D eigenvalue weighted by molar-refractivity contribution is 5.80. The fourth-order valence-corrected chi connectivity index (χ4v) is 1.40. The van der Waals surface area contributed by atoms with E-state index in [-0.39, 0.29) is 31.5 Å². The predicted molar refractivity (Wildman–Crippen MR) is 70.3 cm³/mol. The van der Waals surface area contributed by atoms with Crippen molar-refractivity contribution in [3.8, 4) is 0 Å². The number of carbonyl (C=O) groups is 2. The average molecular weight is 265 g/mol. The number of amides is 1. The zero-order valence-corrected chi connectivity index (χ0v) is 11.3. The van der Waals surface area contributed by atoms with Crippen LogP contribution in [0.15, 0.2) is 24.3 Å². The molecule has 104 valence electrons. The zero-order chi connectivity index (χ0) is 14.3. The standard InChI is InChI=1S/C14H19NO4/c1-15(2)13(17)10-19-14(18)8-7-11-3-5-12(9-16)6-4-11/h3-6,16H,7-10H2,1-2H3. The molecule has 1 rings (SSSR count). The van der Waals surface area contributed by atoms with Crippen molar-refractivity contribution in [1.82, 2.24) is 4.90 Å². The van der Waals surface area contributed by atoms with Gasteiger partial charge >= 0.3 is 5.97 Å². The molecule has 19 heavy (non-hydrogen) atoms. The molecule has 0 spiro atoms. The van der Waals surface area contributed by atoms with Crippen LogP contribution in [0.5, 0.6) is 0 Å². The normalized spacial score (nSPS) is 10.1. The summed E-state index contributed by atoms with van der Waals surface area (Å²) >= 11 is 0. The third-order valence-electron chi connectivity index (χ3n) is 2.68. The molecule has 0 saturated carbocycles. The molecule has 0 aliphatic heterocycles. The van der Waals surface area contributed by atoms with Gasteiger partial charge in [-0.1, -0.05) is 24.3 Å². The van der Waals surface area contributed by atoms with Crippen LogP contribution in [-0.2, 0) is 27.4 Å². The lowest BCUT2D eigenvalue weighted by atomic mass is 10.1. The van der Waals surface area contributed by atoms with Gasteiger partial charge in [-0.2, -0.15) is 0 Å². The minimum atomic E-state index is -0.388. The molecule has 0 fully saturated rings. The first-order chi connectivity index (χ1) is 9.02. The Hall–Kier alpha value is -1.88. The van der Waals surface area contributed by atoms with Crippen LogP contribution in [0.3, 0.4) is 0 Å². The SMILES string of the molecule is CN(C)C(=O)COC(=O)CCc1ccc(CO)cc1. The number of aryl methyl sites for hydroxylation is 1. The van der Waals surface area contributed by atoms with Crippen LogP contribution in [0.4, 0.5) is 0 Å². The lowest BCUT2D eigenvalue weighted by molar-refractivity contribution is -0.151. The number of hydrogen-bond donors (Lipinski definition) is 1. The lowest BCUT2D eigenvalue weighted by Crippen LogP contribution is -2.27. The number of esters is 1. The molecule has 0 aromatic heterocycles. The maximum atomic E-state index is 11.4. The minimum absolute atomic E-state index is 0.00890. The summed E-state index contributed by atoms with van der Waals surface area (Å²) in [7, 11) is 3.22. The van der Waals surface area contributed by atoms with Gasteiger partial charge in [0.05, 0.1) is 6.61 Å². The van der Waals surface area contributed by atoms with Crippen molar-refractivity contribution in [2.45, 2.75) is 19.4 Å². The van der Waals surface area contributed by atoms with E-state index in [0.717, 1.165) is 11.1 Å². The van der Waals surface area contributed by atoms with Crippen LogP contribution in [-0.4, -0.2) is 42.6 Å². The molecule has 0 bridgehead atoms. The van der Waals surface area contributed by atoms with Crippen LogP contribution >= 0.6 is 0 Å². The molecule has 1 N–H and O–H groups in total. The molecule has 0 aliphatic rings. The number of aliphatic hydroxyl groups is 1. The van der Waals surface area contributed by atoms with Gasteiger partial charge in [0.1, 0.15) is 0 Å². The van der Waals surface area contributed by atoms with Gasteiger partial charge in [0.15, 0.2) is 6.61 Å². The Balaban J connectivity index is 2.31. The monoisotopic (exact) mass is 265 g/mol. The third-order valence-corrected chi connectivity index (χ3v) is 2.68. The van der Waals surface area contributed by atoms with Crippen molar-refractivity contribution in [2.24, 2.45) is 0 Å². The predicted octanol–water partition coefficient (Wildman–Crippen LogP) is 0.743. The largest absolute Gasteiger partial charge is 0.456 e. The van der Waals surface area contributed by atoms with Crippen molar-refractivity contribution in [2.75, 3.05) is 20.7 Å². The van der Waals surface area contributed by atoms with Gasteiger partial charge in [0.2, 0.25) is 0 Å². The summed E-state index contributed by atoms with van der Waals surface area (Å²) in [4.78, 5) is 24.0. The highest BCUT2D eigenvalue weighted by Crippen LogP contribution is 2.07. The molecule has 0 heterocycles. The van der Waals surface area contributed by atoms with Gasteiger partial charge in [-0.3, -0.25) is 9.59 Å². The van der Waals surface area contributed by atoms with Crippen molar-refractivity contribution >= 4 is 11.9 Å². The second-order valence-electron chi connectivity index (χ2n) is 4.42. The number of ether oxygens (including phenoxy) is 1. The first-order valence-electron chi connectivity index (χ1n) is 6.07. The molecular formula is C14H19NO4. The second-order valence-corrected chi connectivity index (χ2v) is 4.42. The quantitative estimate of drug-likeness (QED) is 0.770. The van der Waals surface area contributed by atoms with Gasteiger partial charge in [-0.15, -0.1) is 0 Å². The molecular weight excluding hydrogens is 246 g/mol. The summed E-state index contributed by atoms with van der Waals surface area (Å²) in [5.74, 6) is -0.623. The van der Waals surface area contributed by atoms with Gasteiger partial charge in [0, 0.05) is 20.5 Å². The first-order valence-corrected chi connectivity index (χ1v) is 6.07. The number of rotatable bonds is 6. The molecule has 0 aliphatic carbocycles. The van der Waals surface area contributed by atoms with E-state index >= 15 is 0 Å². The number of likely N-dealkylation sites (N-methyl/N-ethyl adjacent to an activating group) is 1. The van der Waals surface area contributed by atoms with E-state index in [1.165, 1.54) is 4.90 Å². The Morgan fingerprint density at radius 1 is 1.16 bits per heavy atom. The number of aliphatic hydroxyl groups excluding tert-OH is 1. The molecule has 1 amide bonds. The second kappa shape index (κ2) is 7.53. The zero-order valence-electron chi connectivity index (χ0n) is 11.3. The average Bonchev–Trinajstić information content (AvgIpc) is 2.42. The van der Waals surface area contributed by atoms with Gasteiger partial charge in [0.25, 0.3) is 5.91 Å². The lowest BCUT2D eigenvalue weighted by Gasteiger charge is -2.10. The molecule has 0 atom stereocenters. The van der Waals surface area contributed by atoms with Crippen molar-refractivity contribution in [1.29, 1.82) is 0 Å². The molecule has 1 aromatic rings. The van der Waals surface area contributed by atoms with Crippen molar-refractivity contribution in [3.05, 3.63) is 35.4 Å². The minimum Gasteiger partial charge on any atom is -0.456 e. The van der Waals surface area contributed by atoms with Crippen LogP contribution < -0.4 is 0 Å². The van der Waals surface area contributed by atoms with Crippen LogP contribution in [0.2, 0.25) is 0 Å². The maximum absolute atomic E-state index is 11.4. The van der Waals surface area contributed by atoms with Gasteiger partial charge < -0.3 is 14.7 Å². The summed E-state index contributed by atoms with van der Waals surface area (Å²) in [6.45, 7) is -0.204. The molecule has 5 nitrogen and oxygen atoms in total. The van der Waals surface area contributed by atoms with Crippen LogP contribution in [0.1, 0.15) is 17.5 Å². The van der Waals surface area contributed by atoms with Crippen molar-refractivity contribution in [3.63, 3.8) is 0 Å². The van der Waals surface area contributed by atoms with E-state index in [1.807, 2.05) is 24.3 Å². The van der Waals surface area contributed by atoms with Crippen LogP contribution in [0, 0.1) is 0 Å². The maximum Gasteiger partial charge on any atom is 0.306 e. The smallest absolute Gasteiger partial charge is 0.306 e. The highest BCUT2D eigenvalue weighted by atomic mass is 16.5. The Morgan fingerprint density at radius 3 is 2.26 bits per heavy atom. The summed E-state index contributed by atoms with van der Waals surface area (Å²) in [6, 6.07) is 7.36. The molecule has 5 heteroatoms. The fraction of sp³-hybridized carbons (Fsp3) is 0.429. The third kappa shape index (κ3) is 5.52. The van der Waals surface area contributed by atoms with E-state index in [1.54, 1.807) is 14.1 Å².